The van der Waals surface area contributed by atoms with Crippen LogP contribution in [0.4, 0.5) is 0 Å². The second-order valence-corrected chi connectivity index (χ2v) is 5.82. The number of hydrogen-bond donors (Lipinski definition) is 3. The standard InChI is InChI=1S/C14H17N3O.C4H4O4/c1-9(15)8-17-13-6-11-10(12(13)7-16-17)4-3-5-14(11)18-2;5-3(6)1-2-4(7)8/h3,5-7,9H,4,8,15H2,1-2H3;1-2H,(H,5,6)(H,7,8)/b;2-1+. The van der Waals surface area contributed by atoms with Crippen molar-refractivity contribution in [3.8, 4) is 0 Å². The number of aliphatic carboxylic acids is 2. The fourth-order valence-corrected chi connectivity index (χ4v) is 2.70. The van der Waals surface area contributed by atoms with Crippen LogP contribution in [0.5, 0.6) is 0 Å². The van der Waals surface area contributed by atoms with Crippen molar-refractivity contribution in [2.45, 2.75) is 25.9 Å². The van der Waals surface area contributed by atoms with Crippen LogP contribution in [0.25, 0.3) is 11.6 Å². The number of carboxylic acids is 2. The number of carboxylic acid groups (broad SMARTS) is 2. The molecule has 1 heterocycles. The zero-order valence-electron chi connectivity index (χ0n) is 14.5. The van der Waals surface area contributed by atoms with Crippen LogP contribution in [0.3, 0.4) is 0 Å². The predicted molar refractivity (Wildman–Crippen MR) is 95.2 cm³/mol. The van der Waals surface area contributed by atoms with Gasteiger partial charge in [-0.2, -0.15) is 5.10 Å². The third-order valence-electron chi connectivity index (χ3n) is 3.72. The van der Waals surface area contributed by atoms with Gasteiger partial charge >= 0.3 is 11.9 Å². The summed E-state index contributed by atoms with van der Waals surface area (Å²) in [5.41, 5.74) is 8.34. The number of methoxy groups -OCH3 is 1. The molecule has 0 saturated carbocycles. The maximum atomic E-state index is 9.55. The molecule has 26 heavy (non-hydrogen) atoms. The minimum Gasteiger partial charge on any atom is -0.496 e. The van der Waals surface area contributed by atoms with Gasteiger partial charge < -0.3 is 20.7 Å². The first-order chi connectivity index (χ1) is 12.3. The molecule has 2 aliphatic carbocycles. The minimum absolute atomic E-state index is 0.101. The number of carbonyl (C=O) groups is 2. The van der Waals surface area contributed by atoms with Gasteiger partial charge in [-0.1, -0.05) is 6.08 Å². The molecule has 0 radical (unpaired) electrons. The quantitative estimate of drug-likeness (QED) is 0.618. The van der Waals surface area contributed by atoms with Gasteiger partial charge in [-0.25, -0.2) is 9.59 Å². The van der Waals surface area contributed by atoms with Gasteiger partial charge in [-0.05, 0) is 31.1 Å². The van der Waals surface area contributed by atoms with Crippen LogP contribution < -0.4 is 16.3 Å². The summed E-state index contributed by atoms with van der Waals surface area (Å²) in [4.78, 5) is 19.1. The van der Waals surface area contributed by atoms with Gasteiger partial charge in [-0.15, -0.1) is 0 Å². The summed E-state index contributed by atoms with van der Waals surface area (Å²) < 4.78 is 7.39. The van der Waals surface area contributed by atoms with Gasteiger partial charge in [0.25, 0.3) is 0 Å². The van der Waals surface area contributed by atoms with Crippen molar-refractivity contribution in [2.24, 2.45) is 5.73 Å². The summed E-state index contributed by atoms with van der Waals surface area (Å²) in [5.74, 6) is -1.58. The highest BCUT2D eigenvalue weighted by Gasteiger charge is 2.20. The molecular formula is C18H21N3O5. The first-order valence-electron chi connectivity index (χ1n) is 7.95. The molecule has 0 saturated heterocycles. The smallest absolute Gasteiger partial charge is 0.328 e. The van der Waals surface area contributed by atoms with E-state index in [1.165, 1.54) is 16.4 Å². The van der Waals surface area contributed by atoms with E-state index in [1.54, 1.807) is 7.11 Å². The molecular weight excluding hydrogens is 338 g/mol. The van der Waals surface area contributed by atoms with Crippen molar-refractivity contribution in [3.05, 3.63) is 52.4 Å². The van der Waals surface area contributed by atoms with Gasteiger partial charge in [-0.3, -0.25) is 4.68 Å². The molecule has 138 valence electrons. The predicted octanol–water partition coefficient (Wildman–Crippen LogP) is -0.253. The molecule has 0 bridgehead atoms. The van der Waals surface area contributed by atoms with Crippen LogP contribution in [-0.2, 0) is 20.9 Å². The Kier molecular flexibility index (Phi) is 6.13. The van der Waals surface area contributed by atoms with Crippen LogP contribution in [0, 0.1) is 0 Å². The Bertz CT molecular complexity index is 903. The molecule has 0 aromatic carbocycles. The molecule has 2 aliphatic rings. The summed E-state index contributed by atoms with van der Waals surface area (Å²) in [6, 6.07) is 0.101. The third-order valence-corrected chi connectivity index (χ3v) is 3.72. The van der Waals surface area contributed by atoms with Crippen LogP contribution in [0.1, 0.15) is 13.3 Å². The highest BCUT2D eigenvalue weighted by molar-refractivity contribution is 5.89. The van der Waals surface area contributed by atoms with Crippen molar-refractivity contribution in [1.29, 1.82) is 0 Å². The summed E-state index contributed by atoms with van der Waals surface area (Å²) in [7, 11) is 1.71. The van der Waals surface area contributed by atoms with Crippen molar-refractivity contribution >= 4 is 23.6 Å². The van der Waals surface area contributed by atoms with E-state index in [-0.39, 0.29) is 6.04 Å². The maximum Gasteiger partial charge on any atom is 0.328 e. The van der Waals surface area contributed by atoms with Crippen LogP contribution in [-0.4, -0.2) is 45.1 Å². The van der Waals surface area contributed by atoms with Gasteiger partial charge in [0.1, 0.15) is 5.76 Å². The average Bonchev–Trinajstić information content (AvgIpc) is 3.13. The van der Waals surface area contributed by atoms with Crippen molar-refractivity contribution < 1.29 is 24.5 Å². The summed E-state index contributed by atoms with van der Waals surface area (Å²) in [6.45, 7) is 2.73. The Morgan fingerprint density at radius 3 is 2.58 bits per heavy atom. The van der Waals surface area contributed by atoms with E-state index in [4.69, 9.17) is 20.7 Å². The lowest BCUT2D eigenvalue weighted by atomic mass is 9.99. The highest BCUT2D eigenvalue weighted by atomic mass is 16.5. The molecule has 0 aliphatic heterocycles. The summed E-state index contributed by atoms with van der Waals surface area (Å²) in [5, 5.41) is 22.4. The number of ether oxygens (including phenoxy) is 1. The molecule has 8 heteroatoms. The van der Waals surface area contributed by atoms with Crippen LogP contribution in [0.2, 0.25) is 0 Å². The van der Waals surface area contributed by atoms with Gasteiger partial charge in [0.2, 0.25) is 0 Å². The number of aromatic nitrogens is 2. The highest BCUT2D eigenvalue weighted by Crippen LogP contribution is 2.27. The average molecular weight is 359 g/mol. The molecule has 1 aromatic heterocycles. The molecule has 3 rings (SSSR count). The minimum atomic E-state index is -1.26. The van der Waals surface area contributed by atoms with Gasteiger partial charge in [0, 0.05) is 29.0 Å². The first-order valence-corrected chi connectivity index (χ1v) is 7.95. The van der Waals surface area contributed by atoms with E-state index < -0.39 is 11.9 Å². The number of allylic oxidation sites excluding steroid dienone is 3. The van der Waals surface area contributed by atoms with E-state index >= 15 is 0 Å². The second-order valence-electron chi connectivity index (χ2n) is 5.82. The zero-order chi connectivity index (χ0) is 19.3. The third kappa shape index (κ3) is 4.48. The van der Waals surface area contributed by atoms with E-state index in [2.05, 4.69) is 17.3 Å². The normalized spacial score (nSPS) is 15.7. The molecule has 0 fully saturated rings. The number of rotatable bonds is 5. The lowest BCUT2D eigenvalue weighted by molar-refractivity contribution is -0.134. The first kappa shape index (κ1) is 19.2. The number of nitrogens with two attached hydrogens (primary N) is 1. The van der Waals surface area contributed by atoms with Gasteiger partial charge in [0.05, 0.1) is 25.2 Å². The van der Waals surface area contributed by atoms with Crippen molar-refractivity contribution in [2.75, 3.05) is 7.11 Å². The van der Waals surface area contributed by atoms with E-state index in [1.807, 2.05) is 23.9 Å². The number of nitrogens with zero attached hydrogens (tertiary/aromatic N) is 2. The fraction of sp³-hybridized carbons (Fsp3) is 0.278. The Balaban J connectivity index is 0.000000260. The monoisotopic (exact) mass is 359 g/mol. The molecule has 8 nitrogen and oxygen atoms in total. The largest absolute Gasteiger partial charge is 0.496 e. The Labute approximate surface area is 149 Å². The van der Waals surface area contributed by atoms with E-state index in [0.29, 0.717) is 12.2 Å². The van der Waals surface area contributed by atoms with Crippen molar-refractivity contribution in [1.82, 2.24) is 9.78 Å². The maximum absolute atomic E-state index is 9.55. The summed E-state index contributed by atoms with van der Waals surface area (Å²) in [6.07, 6.45) is 10.3. The second kappa shape index (κ2) is 8.30. The van der Waals surface area contributed by atoms with E-state index in [9.17, 15) is 9.59 Å². The Morgan fingerprint density at radius 1 is 1.38 bits per heavy atom. The SMILES string of the molecule is COC1=C2C=c3c(cnn3CC(C)N)=C2CC=C1.O=C(O)/C=C/C(=O)O. The van der Waals surface area contributed by atoms with Crippen molar-refractivity contribution in [3.63, 3.8) is 0 Å². The lowest BCUT2D eigenvalue weighted by Gasteiger charge is -2.12. The van der Waals surface area contributed by atoms with Gasteiger partial charge in [0.15, 0.2) is 0 Å². The Morgan fingerprint density at radius 2 is 2.04 bits per heavy atom. The molecule has 0 amide bonds. The Hall–Kier alpha value is -3.13. The summed E-state index contributed by atoms with van der Waals surface area (Å²) >= 11 is 0. The van der Waals surface area contributed by atoms with Crippen LogP contribution >= 0.6 is 0 Å². The topological polar surface area (TPSA) is 128 Å². The lowest BCUT2D eigenvalue weighted by Crippen LogP contribution is -2.33. The van der Waals surface area contributed by atoms with E-state index in [0.717, 1.165) is 24.1 Å². The van der Waals surface area contributed by atoms with Crippen LogP contribution in [0.15, 0.2) is 41.8 Å². The molecule has 0 spiro atoms. The number of hydrogen-bond acceptors (Lipinski definition) is 5. The fourth-order valence-electron chi connectivity index (χ4n) is 2.70. The number of fused-ring (bicyclic) bond motifs is 2. The zero-order valence-corrected chi connectivity index (χ0v) is 14.5. The molecule has 1 unspecified atom stereocenters. The molecule has 1 aromatic rings. The molecule has 4 N–H and O–H groups in total. The molecule has 1 atom stereocenters.